The Morgan fingerprint density at radius 3 is 2.45 bits per heavy atom. The maximum atomic E-state index is 12.0. The van der Waals surface area contributed by atoms with Crippen molar-refractivity contribution in [1.82, 2.24) is 15.5 Å². The number of aromatic amines is 1. The summed E-state index contributed by atoms with van der Waals surface area (Å²) in [5.41, 5.74) is 5.37. The Morgan fingerprint density at radius 2 is 1.91 bits per heavy atom. The lowest BCUT2D eigenvalue weighted by atomic mass is 10.1. The molecule has 2 rings (SSSR count). The lowest BCUT2D eigenvalue weighted by Crippen LogP contribution is -2.23. The van der Waals surface area contributed by atoms with Crippen molar-refractivity contribution in [2.24, 2.45) is 0 Å². The minimum atomic E-state index is 0.0664. The molecule has 0 saturated heterocycles. The summed E-state index contributed by atoms with van der Waals surface area (Å²) in [6.07, 6.45) is 1.25. The molecule has 0 bridgehead atoms. The number of benzene rings is 1. The molecule has 0 aliphatic rings. The predicted octanol–water partition coefficient (Wildman–Crippen LogP) is 2.34. The number of nitrogens with zero attached hydrogens (tertiary/aromatic N) is 2. The Labute approximate surface area is 131 Å². The lowest BCUT2D eigenvalue weighted by molar-refractivity contribution is -0.121. The Morgan fingerprint density at radius 1 is 1.23 bits per heavy atom. The molecule has 1 aromatic heterocycles. The number of rotatable bonds is 6. The monoisotopic (exact) mass is 300 g/mol. The van der Waals surface area contributed by atoms with Crippen LogP contribution in [0.3, 0.4) is 0 Å². The van der Waals surface area contributed by atoms with E-state index < -0.39 is 0 Å². The van der Waals surface area contributed by atoms with Gasteiger partial charge in [-0.3, -0.25) is 9.89 Å². The van der Waals surface area contributed by atoms with Gasteiger partial charge in [-0.05, 0) is 38.0 Å². The number of amides is 1. The second-order valence-electron chi connectivity index (χ2n) is 5.75. The molecule has 118 valence electrons. The van der Waals surface area contributed by atoms with Gasteiger partial charge in [-0.2, -0.15) is 5.10 Å². The van der Waals surface area contributed by atoms with Crippen LogP contribution in [0.2, 0.25) is 0 Å². The van der Waals surface area contributed by atoms with Gasteiger partial charge in [-0.15, -0.1) is 0 Å². The van der Waals surface area contributed by atoms with E-state index in [2.05, 4.69) is 44.7 Å². The van der Waals surface area contributed by atoms with Gasteiger partial charge in [0.15, 0.2) is 0 Å². The molecule has 0 saturated carbocycles. The fourth-order valence-electron chi connectivity index (χ4n) is 2.33. The maximum Gasteiger partial charge on any atom is 0.220 e. The number of nitrogens with one attached hydrogen (secondary N) is 2. The third-order valence-electron chi connectivity index (χ3n) is 3.84. The van der Waals surface area contributed by atoms with Crippen LogP contribution < -0.4 is 10.2 Å². The van der Waals surface area contributed by atoms with Crippen molar-refractivity contribution in [3.05, 3.63) is 46.8 Å². The number of hydrogen-bond donors (Lipinski definition) is 2. The van der Waals surface area contributed by atoms with Crippen LogP contribution in [-0.4, -0.2) is 30.2 Å². The maximum absolute atomic E-state index is 12.0. The van der Waals surface area contributed by atoms with E-state index in [0.717, 1.165) is 23.4 Å². The molecule has 5 nitrogen and oxygen atoms in total. The van der Waals surface area contributed by atoms with Crippen molar-refractivity contribution < 1.29 is 4.79 Å². The second-order valence-corrected chi connectivity index (χ2v) is 5.75. The fraction of sp³-hybridized carbons (Fsp3) is 0.412. The summed E-state index contributed by atoms with van der Waals surface area (Å²) >= 11 is 0. The highest BCUT2D eigenvalue weighted by Crippen LogP contribution is 2.13. The number of H-pyrrole nitrogens is 1. The molecular weight excluding hydrogens is 276 g/mol. The average molecular weight is 300 g/mol. The minimum Gasteiger partial charge on any atom is -0.378 e. The SMILES string of the molecule is Cc1n[nH]c(C)c1CNC(=O)CCc1ccc(N(C)C)cc1. The molecule has 1 heterocycles. The molecule has 0 radical (unpaired) electrons. The average Bonchev–Trinajstić information content (AvgIpc) is 2.82. The first-order chi connectivity index (χ1) is 10.5. The highest BCUT2D eigenvalue weighted by atomic mass is 16.1. The van der Waals surface area contributed by atoms with Gasteiger partial charge in [0.05, 0.1) is 5.69 Å². The first-order valence-corrected chi connectivity index (χ1v) is 7.50. The zero-order valence-corrected chi connectivity index (χ0v) is 13.7. The van der Waals surface area contributed by atoms with Crippen molar-refractivity contribution >= 4 is 11.6 Å². The smallest absolute Gasteiger partial charge is 0.220 e. The van der Waals surface area contributed by atoms with E-state index in [-0.39, 0.29) is 5.91 Å². The lowest BCUT2D eigenvalue weighted by Gasteiger charge is -2.12. The summed E-state index contributed by atoms with van der Waals surface area (Å²) in [5, 5.41) is 10.0. The normalized spacial score (nSPS) is 10.5. The summed E-state index contributed by atoms with van der Waals surface area (Å²) in [4.78, 5) is 14.0. The Kier molecular flexibility index (Phi) is 5.20. The first-order valence-electron chi connectivity index (χ1n) is 7.50. The zero-order valence-electron chi connectivity index (χ0n) is 13.7. The third-order valence-corrected chi connectivity index (χ3v) is 3.84. The van der Waals surface area contributed by atoms with Crippen molar-refractivity contribution in [3.63, 3.8) is 0 Å². The fourth-order valence-corrected chi connectivity index (χ4v) is 2.33. The van der Waals surface area contributed by atoms with Crippen LogP contribution in [0.4, 0.5) is 5.69 Å². The van der Waals surface area contributed by atoms with Crippen molar-refractivity contribution in [3.8, 4) is 0 Å². The van der Waals surface area contributed by atoms with Gasteiger partial charge in [-0.25, -0.2) is 0 Å². The van der Waals surface area contributed by atoms with Gasteiger partial charge in [0.1, 0.15) is 0 Å². The Bertz CT molecular complexity index is 609. The quantitative estimate of drug-likeness (QED) is 0.861. The number of carbonyl (C=O) groups excluding carboxylic acids is 1. The van der Waals surface area contributed by atoms with Gasteiger partial charge < -0.3 is 10.2 Å². The van der Waals surface area contributed by atoms with E-state index in [4.69, 9.17) is 0 Å². The minimum absolute atomic E-state index is 0.0664. The Hall–Kier alpha value is -2.30. The Balaban J connectivity index is 1.80. The van der Waals surface area contributed by atoms with Crippen LogP contribution in [0.15, 0.2) is 24.3 Å². The van der Waals surface area contributed by atoms with E-state index in [9.17, 15) is 4.79 Å². The van der Waals surface area contributed by atoms with Gasteiger partial charge >= 0.3 is 0 Å². The molecule has 0 spiro atoms. The number of hydrogen-bond acceptors (Lipinski definition) is 3. The van der Waals surface area contributed by atoms with Crippen LogP contribution in [0, 0.1) is 13.8 Å². The van der Waals surface area contributed by atoms with Gasteiger partial charge in [0, 0.05) is 44.0 Å². The first kappa shape index (κ1) is 16.1. The molecule has 5 heteroatoms. The second kappa shape index (κ2) is 7.11. The molecule has 1 amide bonds. The molecular formula is C17H24N4O. The molecule has 0 aliphatic carbocycles. The summed E-state index contributed by atoms with van der Waals surface area (Å²) in [5.74, 6) is 0.0664. The molecule has 22 heavy (non-hydrogen) atoms. The summed E-state index contributed by atoms with van der Waals surface area (Å²) in [6, 6.07) is 8.30. The third kappa shape index (κ3) is 4.10. The van der Waals surface area contributed by atoms with E-state index in [1.54, 1.807) is 0 Å². The summed E-state index contributed by atoms with van der Waals surface area (Å²) in [7, 11) is 4.03. The highest BCUT2D eigenvalue weighted by Gasteiger charge is 2.08. The summed E-state index contributed by atoms with van der Waals surface area (Å²) < 4.78 is 0. The van der Waals surface area contributed by atoms with Crippen molar-refractivity contribution in [1.29, 1.82) is 0 Å². The van der Waals surface area contributed by atoms with Gasteiger partial charge in [0.2, 0.25) is 5.91 Å². The molecule has 0 aliphatic heterocycles. The number of carbonyl (C=O) groups is 1. The number of anilines is 1. The summed E-state index contributed by atoms with van der Waals surface area (Å²) in [6.45, 7) is 4.44. The molecule has 0 unspecified atom stereocenters. The molecule has 1 aromatic carbocycles. The van der Waals surface area contributed by atoms with E-state index in [1.165, 1.54) is 11.3 Å². The van der Waals surface area contributed by atoms with Gasteiger partial charge in [0.25, 0.3) is 0 Å². The predicted molar refractivity (Wildman–Crippen MR) is 89.0 cm³/mol. The van der Waals surface area contributed by atoms with E-state index in [0.29, 0.717) is 13.0 Å². The van der Waals surface area contributed by atoms with Crippen LogP contribution in [0.1, 0.15) is 28.9 Å². The van der Waals surface area contributed by atoms with Gasteiger partial charge in [-0.1, -0.05) is 12.1 Å². The van der Waals surface area contributed by atoms with Crippen molar-refractivity contribution in [2.75, 3.05) is 19.0 Å². The largest absolute Gasteiger partial charge is 0.378 e. The standard InChI is InChI=1S/C17H24N4O/c1-12-16(13(2)20-19-12)11-18-17(22)10-7-14-5-8-15(9-6-14)21(3)4/h5-6,8-9H,7,10-11H2,1-4H3,(H,18,22)(H,19,20). The van der Waals surface area contributed by atoms with Crippen LogP contribution >= 0.6 is 0 Å². The number of aryl methyl sites for hydroxylation is 3. The van der Waals surface area contributed by atoms with Crippen LogP contribution in [0.25, 0.3) is 0 Å². The molecule has 0 atom stereocenters. The van der Waals surface area contributed by atoms with Crippen LogP contribution in [-0.2, 0) is 17.8 Å². The van der Waals surface area contributed by atoms with Crippen LogP contribution in [0.5, 0.6) is 0 Å². The number of aromatic nitrogens is 2. The van der Waals surface area contributed by atoms with E-state index >= 15 is 0 Å². The molecule has 0 fully saturated rings. The van der Waals surface area contributed by atoms with Crippen molar-refractivity contribution in [2.45, 2.75) is 33.2 Å². The molecule has 2 aromatic rings. The topological polar surface area (TPSA) is 61.0 Å². The zero-order chi connectivity index (χ0) is 16.1. The molecule has 2 N–H and O–H groups in total. The highest BCUT2D eigenvalue weighted by molar-refractivity contribution is 5.76. The van der Waals surface area contributed by atoms with E-state index in [1.807, 2.05) is 27.9 Å².